The molecule has 1 heterocycles. The van der Waals surface area contributed by atoms with Crippen molar-refractivity contribution >= 4 is 11.9 Å². The summed E-state index contributed by atoms with van der Waals surface area (Å²) in [4.78, 5) is 22.6. The molecule has 0 radical (unpaired) electrons. The first-order valence-electron chi connectivity index (χ1n) is 6.17. The minimum Gasteiger partial charge on any atom is -0.466 e. The Labute approximate surface area is 107 Å². The SMILES string of the molecule is CCOC(=O)CCC(=O)NCC1(OC)CCOC1. The highest BCUT2D eigenvalue weighted by molar-refractivity contribution is 5.81. The number of ether oxygens (including phenoxy) is 3. The van der Waals surface area contributed by atoms with Gasteiger partial charge in [-0.25, -0.2) is 0 Å². The van der Waals surface area contributed by atoms with Crippen LogP contribution in [-0.4, -0.2) is 51.0 Å². The quantitative estimate of drug-likeness (QED) is 0.663. The molecule has 0 saturated carbocycles. The van der Waals surface area contributed by atoms with Crippen LogP contribution in [0.1, 0.15) is 26.2 Å². The lowest BCUT2D eigenvalue weighted by Crippen LogP contribution is -2.45. The second kappa shape index (κ2) is 7.33. The van der Waals surface area contributed by atoms with Gasteiger partial charge in [0.1, 0.15) is 5.60 Å². The zero-order valence-corrected chi connectivity index (χ0v) is 11.0. The Morgan fingerprint density at radius 1 is 1.39 bits per heavy atom. The smallest absolute Gasteiger partial charge is 0.306 e. The Morgan fingerprint density at radius 2 is 2.17 bits per heavy atom. The summed E-state index contributed by atoms with van der Waals surface area (Å²) >= 11 is 0. The minimum absolute atomic E-state index is 0.107. The molecule has 1 rings (SSSR count). The first-order valence-corrected chi connectivity index (χ1v) is 6.17. The summed E-state index contributed by atoms with van der Waals surface area (Å²) in [5.41, 5.74) is -0.417. The lowest BCUT2D eigenvalue weighted by Gasteiger charge is -2.25. The molecule has 6 heteroatoms. The van der Waals surface area contributed by atoms with E-state index < -0.39 is 5.60 Å². The van der Waals surface area contributed by atoms with Crippen molar-refractivity contribution < 1.29 is 23.8 Å². The van der Waals surface area contributed by atoms with Crippen molar-refractivity contribution in [3.05, 3.63) is 0 Å². The molecule has 1 amide bonds. The van der Waals surface area contributed by atoms with Crippen molar-refractivity contribution in [2.75, 3.05) is 33.5 Å². The molecule has 0 aliphatic carbocycles. The van der Waals surface area contributed by atoms with Crippen LogP contribution >= 0.6 is 0 Å². The van der Waals surface area contributed by atoms with E-state index in [1.54, 1.807) is 14.0 Å². The number of hydrogen-bond acceptors (Lipinski definition) is 5. The van der Waals surface area contributed by atoms with Gasteiger partial charge in [-0.3, -0.25) is 9.59 Å². The second-order valence-electron chi connectivity index (χ2n) is 4.27. The largest absolute Gasteiger partial charge is 0.466 e. The van der Waals surface area contributed by atoms with Crippen LogP contribution in [0.25, 0.3) is 0 Å². The molecule has 0 bridgehead atoms. The number of esters is 1. The van der Waals surface area contributed by atoms with E-state index in [0.717, 1.165) is 6.42 Å². The topological polar surface area (TPSA) is 73.9 Å². The second-order valence-corrected chi connectivity index (χ2v) is 4.27. The number of carbonyl (C=O) groups excluding carboxylic acids is 2. The van der Waals surface area contributed by atoms with E-state index >= 15 is 0 Å². The highest BCUT2D eigenvalue weighted by Crippen LogP contribution is 2.21. The first kappa shape index (κ1) is 14.9. The van der Waals surface area contributed by atoms with E-state index in [1.165, 1.54) is 0 Å². The standard InChI is InChI=1S/C12H21NO5/c1-3-18-11(15)5-4-10(14)13-8-12(16-2)6-7-17-9-12/h3-9H2,1-2H3,(H,13,14). The van der Waals surface area contributed by atoms with Crippen LogP contribution in [0.2, 0.25) is 0 Å². The van der Waals surface area contributed by atoms with E-state index in [9.17, 15) is 9.59 Å². The van der Waals surface area contributed by atoms with Crippen molar-refractivity contribution in [1.82, 2.24) is 5.32 Å². The van der Waals surface area contributed by atoms with Gasteiger partial charge in [0.15, 0.2) is 0 Å². The molecule has 0 aromatic carbocycles. The molecule has 6 nitrogen and oxygen atoms in total. The molecular weight excluding hydrogens is 238 g/mol. The Hall–Kier alpha value is -1.14. The van der Waals surface area contributed by atoms with Crippen LogP contribution in [0.3, 0.4) is 0 Å². The summed E-state index contributed by atoms with van der Waals surface area (Å²) in [5, 5.41) is 2.76. The third kappa shape index (κ3) is 4.62. The van der Waals surface area contributed by atoms with Gasteiger partial charge in [0.05, 0.1) is 19.6 Å². The van der Waals surface area contributed by atoms with E-state index in [2.05, 4.69) is 5.32 Å². The van der Waals surface area contributed by atoms with Gasteiger partial charge >= 0.3 is 5.97 Å². The number of amides is 1. The van der Waals surface area contributed by atoms with Gasteiger partial charge in [-0.2, -0.15) is 0 Å². The van der Waals surface area contributed by atoms with Crippen molar-refractivity contribution in [3.8, 4) is 0 Å². The Bertz CT molecular complexity index is 286. The predicted molar refractivity (Wildman–Crippen MR) is 64.1 cm³/mol. The summed E-state index contributed by atoms with van der Waals surface area (Å²) < 4.78 is 15.4. The first-order chi connectivity index (χ1) is 8.62. The molecular formula is C12H21NO5. The Kier molecular flexibility index (Phi) is 6.07. The zero-order valence-electron chi connectivity index (χ0n) is 11.0. The summed E-state index contributed by atoms with van der Waals surface area (Å²) in [6, 6.07) is 0. The lowest BCUT2D eigenvalue weighted by atomic mass is 10.0. The average molecular weight is 259 g/mol. The van der Waals surface area contributed by atoms with E-state index in [-0.39, 0.29) is 24.7 Å². The van der Waals surface area contributed by atoms with E-state index in [1.807, 2.05) is 0 Å². The normalized spacial score (nSPS) is 22.8. The zero-order chi connectivity index (χ0) is 13.4. The number of hydrogen-bond donors (Lipinski definition) is 1. The third-order valence-electron chi connectivity index (χ3n) is 2.97. The van der Waals surface area contributed by atoms with Gasteiger partial charge in [-0.15, -0.1) is 0 Å². The monoisotopic (exact) mass is 259 g/mol. The van der Waals surface area contributed by atoms with Crippen molar-refractivity contribution in [2.24, 2.45) is 0 Å². The van der Waals surface area contributed by atoms with E-state index in [4.69, 9.17) is 14.2 Å². The van der Waals surface area contributed by atoms with Gasteiger partial charge in [0, 0.05) is 33.1 Å². The highest BCUT2D eigenvalue weighted by Gasteiger charge is 2.35. The Morgan fingerprint density at radius 3 is 2.72 bits per heavy atom. The molecule has 0 spiro atoms. The summed E-state index contributed by atoms with van der Waals surface area (Å²) in [7, 11) is 1.61. The molecule has 1 aliphatic heterocycles. The van der Waals surface area contributed by atoms with Gasteiger partial charge in [-0.05, 0) is 6.92 Å². The highest BCUT2D eigenvalue weighted by atomic mass is 16.5. The van der Waals surface area contributed by atoms with Crippen LogP contribution in [0, 0.1) is 0 Å². The molecule has 104 valence electrons. The van der Waals surface area contributed by atoms with Crippen LogP contribution in [0.15, 0.2) is 0 Å². The summed E-state index contributed by atoms with van der Waals surface area (Å²) in [6.45, 7) is 3.62. The molecule has 1 N–H and O–H groups in total. The van der Waals surface area contributed by atoms with Gasteiger partial charge in [-0.1, -0.05) is 0 Å². The third-order valence-corrected chi connectivity index (χ3v) is 2.97. The lowest BCUT2D eigenvalue weighted by molar-refractivity contribution is -0.144. The Balaban J connectivity index is 2.22. The molecule has 1 unspecified atom stereocenters. The molecule has 1 fully saturated rings. The molecule has 18 heavy (non-hydrogen) atoms. The molecule has 1 atom stereocenters. The number of nitrogens with one attached hydrogen (secondary N) is 1. The molecule has 1 saturated heterocycles. The summed E-state index contributed by atoms with van der Waals surface area (Å²) in [5.74, 6) is -0.523. The molecule has 1 aliphatic rings. The average Bonchev–Trinajstić information content (AvgIpc) is 2.84. The van der Waals surface area contributed by atoms with Crippen molar-refractivity contribution in [1.29, 1.82) is 0 Å². The maximum Gasteiger partial charge on any atom is 0.306 e. The molecule has 0 aromatic heterocycles. The molecule has 0 aromatic rings. The maximum absolute atomic E-state index is 11.6. The number of methoxy groups -OCH3 is 1. The fourth-order valence-corrected chi connectivity index (χ4v) is 1.76. The van der Waals surface area contributed by atoms with Crippen LogP contribution in [0.4, 0.5) is 0 Å². The van der Waals surface area contributed by atoms with Crippen LogP contribution in [-0.2, 0) is 23.8 Å². The van der Waals surface area contributed by atoms with Crippen LogP contribution in [0.5, 0.6) is 0 Å². The van der Waals surface area contributed by atoms with Crippen LogP contribution < -0.4 is 5.32 Å². The maximum atomic E-state index is 11.6. The van der Waals surface area contributed by atoms with Crippen molar-refractivity contribution in [3.63, 3.8) is 0 Å². The predicted octanol–water partition coefficient (Wildman–Crippen LogP) is 0.251. The van der Waals surface area contributed by atoms with E-state index in [0.29, 0.717) is 26.4 Å². The van der Waals surface area contributed by atoms with Gasteiger partial charge < -0.3 is 19.5 Å². The fourth-order valence-electron chi connectivity index (χ4n) is 1.76. The minimum atomic E-state index is -0.417. The van der Waals surface area contributed by atoms with Crippen molar-refractivity contribution in [2.45, 2.75) is 31.8 Å². The van der Waals surface area contributed by atoms with Gasteiger partial charge in [0.2, 0.25) is 5.91 Å². The summed E-state index contributed by atoms with van der Waals surface area (Å²) in [6.07, 6.45) is 1.01. The number of carbonyl (C=O) groups is 2. The fraction of sp³-hybridized carbons (Fsp3) is 0.833. The number of rotatable bonds is 7. The van der Waals surface area contributed by atoms with Gasteiger partial charge in [0.25, 0.3) is 0 Å².